The lowest BCUT2D eigenvalue weighted by Gasteiger charge is -2.08. The van der Waals surface area contributed by atoms with E-state index in [1.807, 2.05) is 51.3 Å². The van der Waals surface area contributed by atoms with Crippen molar-refractivity contribution in [1.29, 1.82) is 5.26 Å². The number of nitriles is 1. The fraction of sp³-hybridized carbons (Fsp3) is 0. The van der Waals surface area contributed by atoms with Gasteiger partial charge in [0.25, 0.3) is 27.1 Å². The minimum atomic E-state index is -0.897. The van der Waals surface area contributed by atoms with E-state index in [0.717, 1.165) is 56.7 Å². The second kappa shape index (κ2) is 38.1. The standard InChI is InChI=1S/C17H9IN2O5S.2C16H10BrNO5S.C16H10ClNO5S.C16H10INO5S/c18-10-2-7(3-11(21)13(10)23)1-8(5-19)17-20-6-9-4-12(22)14(24)15(25)16(9)26-17;17-12-7(1-3-9(19)13(12)21)2-4-11-18-6-8-5-10(20)14(22)15(23)16(8)24-11;17-9-3-7(4-10(19)13(9)21)1-2-12-18-6-8-5-11(20)14(22)15(23)16(8)24-12;17-12-7(1-3-9(19)13(12)21)2-4-11-18-6-8-5-10(20)14(22)15(23)16(8)24-11;17-9-3-7(4-10(19)13(9)21)1-2-12-18-6-8-5-11(20)14(22)15(23)16(8)24-12/h1-4,6,21-23,25H;4*1-6,19-21,23H/b8-1+;4-2+;2-1+;4-2+;2-1+. The Hall–Kier alpha value is -13.1. The van der Waals surface area contributed by atoms with Crippen molar-refractivity contribution >= 4 is 206 Å². The highest BCUT2D eigenvalue weighted by Gasteiger charge is 2.24. The largest absolute Gasteiger partial charge is 0.504 e. The van der Waals surface area contributed by atoms with Crippen LogP contribution in [-0.2, 0) is 0 Å². The Labute approximate surface area is 751 Å². The maximum absolute atomic E-state index is 11.7. The molecule has 31 nitrogen and oxygen atoms in total. The van der Waals surface area contributed by atoms with Crippen molar-refractivity contribution in [1.82, 2.24) is 24.9 Å². The van der Waals surface area contributed by atoms with Crippen LogP contribution in [0.4, 0.5) is 0 Å². The number of nitrogens with zero attached hydrogens (tertiary/aromatic N) is 6. The number of phenolic OH excluding ortho intramolecular Hbond substituents is 20. The molecule has 41 heteroatoms. The van der Waals surface area contributed by atoms with Gasteiger partial charge in [-0.15, -0.1) is 56.7 Å². The van der Waals surface area contributed by atoms with E-state index in [1.54, 1.807) is 72.9 Å². The van der Waals surface area contributed by atoms with Crippen LogP contribution in [0.2, 0.25) is 5.02 Å². The quantitative estimate of drug-likeness (QED) is 0.0343. The zero-order chi connectivity index (χ0) is 88.7. The molecule has 0 saturated carbocycles. The summed E-state index contributed by atoms with van der Waals surface area (Å²) < 4.78 is 1.59. The first kappa shape index (κ1) is 89.7. The van der Waals surface area contributed by atoms with Crippen molar-refractivity contribution < 1.29 is 102 Å². The lowest BCUT2D eigenvalue weighted by molar-refractivity contribution is 0.401. The number of aromatic nitrogens is 5. The fourth-order valence-corrected chi connectivity index (χ4v) is 17.2. The second-order valence-corrected chi connectivity index (χ2v) is 34.2. The van der Waals surface area contributed by atoms with Gasteiger partial charge in [-0.25, -0.2) is 24.9 Å². The Bertz CT molecular complexity index is 6660. The van der Waals surface area contributed by atoms with Gasteiger partial charge in [-0.05, 0) is 226 Å². The lowest BCUT2D eigenvalue weighted by atomic mass is 10.1. The molecular formula is C81H49Br2ClI2N6O25S5. The SMILES string of the molecule is N#C/C(=C\c1cc(O)c(O)c(I)c1)c1ncc2cc(O)c(=O)c(O)c-2s1.O=c1c(O)cc2cnc(/C=C/c3cc(O)c(O)c(Br)c3)sc-2c1O.O=c1c(O)cc2cnc(/C=C/c3cc(O)c(O)c(I)c3)sc-2c1O.O=c1c(O)cc2cnc(/C=C/c3ccc(O)c(O)c3Br)sc-2c1O.O=c1c(O)cc2cnc(/C=C/c3ccc(O)c(O)c3Cl)sc-2c1O. The van der Waals surface area contributed by atoms with Crippen molar-refractivity contribution in [2.45, 2.75) is 0 Å². The average molecular weight is 2120 g/mol. The number of halogens is 5. The highest BCUT2D eigenvalue weighted by Crippen LogP contribution is 2.45. The molecule has 20 N–H and O–H groups in total. The summed E-state index contributed by atoms with van der Waals surface area (Å²) in [6.07, 6.45) is 21.6. The van der Waals surface area contributed by atoms with Crippen LogP contribution in [-0.4, -0.2) is 127 Å². The number of aromatic hydroxyl groups is 20. The first-order chi connectivity index (χ1) is 57.8. The van der Waals surface area contributed by atoms with E-state index >= 15 is 0 Å². The van der Waals surface area contributed by atoms with Crippen molar-refractivity contribution in [2.75, 3.05) is 0 Å². The molecule has 0 unspecified atom stereocenters. The normalized spacial score (nSPS) is 11.4. The van der Waals surface area contributed by atoms with Crippen LogP contribution < -0.4 is 27.1 Å². The molecule has 15 rings (SSSR count). The third-order valence-electron chi connectivity index (χ3n) is 16.5. The fourth-order valence-electron chi connectivity index (χ4n) is 10.4. The minimum Gasteiger partial charge on any atom is -0.504 e. The van der Waals surface area contributed by atoms with Crippen LogP contribution in [0.25, 0.3) is 112 Å². The third-order valence-corrected chi connectivity index (χ3v) is 25.5. The number of benzene rings is 10. The predicted molar refractivity (Wildman–Crippen MR) is 486 cm³/mol. The number of hydrogen-bond acceptors (Lipinski definition) is 36. The van der Waals surface area contributed by atoms with Crippen LogP contribution in [0.1, 0.15) is 52.9 Å². The van der Waals surface area contributed by atoms with Crippen LogP contribution in [0.5, 0.6) is 115 Å². The molecule has 0 spiro atoms. The molecule has 0 radical (unpaired) electrons. The van der Waals surface area contributed by atoms with E-state index in [4.69, 9.17) is 11.6 Å². The van der Waals surface area contributed by atoms with E-state index < -0.39 is 90.4 Å². The zero-order valence-electron chi connectivity index (χ0n) is 60.3. The number of rotatable bonds is 10. The molecule has 0 amide bonds. The average Bonchev–Trinajstić information content (AvgIpc) is 0.801. The topological polar surface area (TPSA) is 578 Å². The Morgan fingerprint density at radius 2 is 0.648 bits per heavy atom. The van der Waals surface area contributed by atoms with Gasteiger partial charge in [0, 0.05) is 58.8 Å². The Kier molecular flexibility index (Phi) is 28.0. The smallest absolute Gasteiger partial charge is 0.263 e. The molecule has 0 saturated heterocycles. The summed E-state index contributed by atoms with van der Waals surface area (Å²) in [5.41, 5.74) is 0.903. The summed E-state index contributed by atoms with van der Waals surface area (Å²) >= 11 is 21.2. The molecule has 5 aliphatic heterocycles. The number of phenols is 20. The first-order valence-corrected chi connectivity index (χ1v) is 41.7. The Morgan fingerprint density at radius 3 is 1.02 bits per heavy atom. The summed E-state index contributed by atoms with van der Waals surface area (Å²) in [6, 6.07) is 22.9. The van der Waals surface area contributed by atoms with Crippen molar-refractivity contribution in [3.63, 3.8) is 0 Å². The Morgan fingerprint density at radius 1 is 0.336 bits per heavy atom. The summed E-state index contributed by atoms with van der Waals surface area (Å²) in [4.78, 5) is 80.4. The van der Waals surface area contributed by atoms with E-state index in [-0.39, 0.29) is 72.2 Å². The van der Waals surface area contributed by atoms with Gasteiger partial charge < -0.3 is 102 Å². The van der Waals surface area contributed by atoms with Gasteiger partial charge in [0.1, 0.15) is 31.1 Å². The van der Waals surface area contributed by atoms with Gasteiger partial charge in [-0.2, -0.15) is 5.26 Å². The van der Waals surface area contributed by atoms with Crippen molar-refractivity contribution in [2.24, 2.45) is 0 Å². The number of hydrogen-bond donors (Lipinski definition) is 20. The van der Waals surface area contributed by atoms with Crippen LogP contribution >= 0.6 is 145 Å². The molecule has 5 heterocycles. The molecule has 0 fully saturated rings. The van der Waals surface area contributed by atoms with Gasteiger partial charge in [0.2, 0.25) is 0 Å². The van der Waals surface area contributed by atoms with E-state index in [9.17, 15) is 131 Å². The van der Waals surface area contributed by atoms with Crippen LogP contribution in [0.15, 0.2) is 155 Å². The molecular weight excluding hydrogens is 2070 g/mol. The molecule has 122 heavy (non-hydrogen) atoms. The second-order valence-electron chi connectivity index (χ2n) is 24.7. The van der Waals surface area contributed by atoms with Gasteiger partial charge in [0.05, 0.1) is 51.1 Å². The highest BCUT2D eigenvalue weighted by atomic mass is 127. The van der Waals surface area contributed by atoms with E-state index in [2.05, 4.69) is 56.8 Å². The first-order valence-electron chi connectivity index (χ1n) is 33.4. The Balaban J connectivity index is 0.000000149. The van der Waals surface area contributed by atoms with Gasteiger partial charge in [-0.3, -0.25) is 24.0 Å². The molecule has 5 aromatic carbocycles. The molecule has 5 aromatic rings. The summed E-state index contributed by atoms with van der Waals surface area (Å²) in [5, 5.41) is 204. The van der Waals surface area contributed by atoms with Gasteiger partial charge in [0.15, 0.2) is 115 Å². The van der Waals surface area contributed by atoms with Crippen molar-refractivity contribution in [3.05, 3.63) is 247 Å². The van der Waals surface area contributed by atoms with E-state index in [0.29, 0.717) is 111 Å². The number of allylic oxidation sites excluding steroid dienone is 1. The molecule has 0 aromatic heterocycles. The molecule has 5 aliphatic carbocycles. The summed E-state index contributed by atoms with van der Waals surface area (Å²) in [6.45, 7) is 0. The summed E-state index contributed by atoms with van der Waals surface area (Å²) in [7, 11) is 0. The minimum absolute atomic E-state index is 0.00773. The van der Waals surface area contributed by atoms with Crippen LogP contribution in [0.3, 0.4) is 0 Å². The molecule has 0 atom stereocenters. The van der Waals surface area contributed by atoms with Gasteiger partial charge in [-0.1, -0.05) is 35.9 Å². The maximum Gasteiger partial charge on any atom is 0.263 e. The number of fused-ring (bicyclic) bond motifs is 5. The lowest BCUT2D eigenvalue weighted by Crippen LogP contribution is -2.02. The summed E-state index contributed by atoms with van der Waals surface area (Å²) in [5.74, 6) is -8.10. The molecule has 0 bridgehead atoms. The monoisotopic (exact) mass is 2110 g/mol. The van der Waals surface area contributed by atoms with E-state index in [1.165, 1.54) is 104 Å². The van der Waals surface area contributed by atoms with Gasteiger partial charge >= 0.3 is 0 Å². The highest BCUT2D eigenvalue weighted by molar-refractivity contribution is 14.1. The predicted octanol–water partition coefficient (Wildman–Crippen LogP) is 16.3. The van der Waals surface area contributed by atoms with Crippen LogP contribution in [0, 0.1) is 18.5 Å². The van der Waals surface area contributed by atoms with Crippen molar-refractivity contribution in [3.8, 4) is 173 Å². The maximum atomic E-state index is 11.7. The molecule has 10 aliphatic rings. The third kappa shape index (κ3) is 20.2. The molecule has 618 valence electrons. The zero-order valence-corrected chi connectivity index (χ0v) is 72.7.